The molecule has 0 bridgehead atoms. The topological polar surface area (TPSA) is 70.7 Å². The van der Waals surface area contributed by atoms with Crippen LogP contribution in [0, 0.1) is 0 Å². The number of likely N-dealkylation sites (N-methyl/N-ethyl adjacent to an activating group) is 1. The van der Waals surface area contributed by atoms with Crippen molar-refractivity contribution < 1.29 is 27.5 Å². The third kappa shape index (κ3) is 6.82. The van der Waals surface area contributed by atoms with Crippen molar-refractivity contribution in [3.05, 3.63) is 24.3 Å². The first-order valence-electron chi connectivity index (χ1n) is 6.22. The van der Waals surface area contributed by atoms with Gasteiger partial charge in [0.05, 0.1) is 0 Å². The first-order valence-corrected chi connectivity index (χ1v) is 6.22. The monoisotopic (exact) mass is 319 g/mol. The van der Waals surface area contributed by atoms with Gasteiger partial charge in [0.1, 0.15) is 12.3 Å². The van der Waals surface area contributed by atoms with E-state index in [4.69, 9.17) is 4.74 Å². The number of amides is 3. The fourth-order valence-electron chi connectivity index (χ4n) is 1.29. The Morgan fingerprint density at radius 2 is 1.95 bits per heavy atom. The summed E-state index contributed by atoms with van der Waals surface area (Å²) < 4.78 is 41.1. The minimum Gasteiger partial charge on any atom is -0.484 e. The molecule has 0 aromatic heterocycles. The number of alkyl halides is 3. The van der Waals surface area contributed by atoms with Gasteiger partial charge in [-0.2, -0.15) is 13.2 Å². The number of urea groups is 1. The number of carbonyl (C=O) groups is 2. The van der Waals surface area contributed by atoms with Gasteiger partial charge in [0.25, 0.3) is 5.91 Å². The number of benzene rings is 1. The molecule has 0 radical (unpaired) electrons. The normalized spacial score (nSPS) is 10.8. The summed E-state index contributed by atoms with van der Waals surface area (Å²) in [4.78, 5) is 24.0. The van der Waals surface area contributed by atoms with Gasteiger partial charge in [0.2, 0.25) is 0 Å². The van der Waals surface area contributed by atoms with Crippen LogP contribution < -0.4 is 15.4 Å². The molecule has 0 saturated carbocycles. The van der Waals surface area contributed by atoms with E-state index in [1.165, 1.54) is 23.1 Å². The molecule has 0 saturated heterocycles. The van der Waals surface area contributed by atoms with E-state index in [0.29, 0.717) is 5.75 Å². The van der Waals surface area contributed by atoms with E-state index in [2.05, 4.69) is 5.32 Å². The van der Waals surface area contributed by atoms with Crippen LogP contribution in [0.3, 0.4) is 0 Å². The van der Waals surface area contributed by atoms with Crippen LogP contribution in [-0.4, -0.2) is 50.3 Å². The fraction of sp³-hybridized carbons (Fsp3) is 0.385. The summed E-state index contributed by atoms with van der Waals surface area (Å²) >= 11 is 0. The van der Waals surface area contributed by atoms with Crippen molar-refractivity contribution in [1.82, 2.24) is 10.2 Å². The van der Waals surface area contributed by atoms with Gasteiger partial charge in [-0.25, -0.2) is 4.79 Å². The molecule has 0 heterocycles. The maximum Gasteiger partial charge on any atom is 0.405 e. The van der Waals surface area contributed by atoms with Crippen molar-refractivity contribution in [2.24, 2.45) is 0 Å². The Kier molecular flexibility index (Phi) is 6.02. The van der Waals surface area contributed by atoms with Crippen LogP contribution in [0.4, 0.5) is 23.7 Å². The Balaban J connectivity index is 2.53. The number of rotatable bonds is 5. The second-order valence-corrected chi connectivity index (χ2v) is 4.53. The quantitative estimate of drug-likeness (QED) is 0.870. The first-order chi connectivity index (χ1) is 10.2. The number of carbonyl (C=O) groups excluding carboxylic acids is 2. The summed E-state index contributed by atoms with van der Waals surface area (Å²) in [5, 5.41) is 3.92. The van der Waals surface area contributed by atoms with Crippen LogP contribution >= 0.6 is 0 Å². The van der Waals surface area contributed by atoms with E-state index >= 15 is 0 Å². The van der Waals surface area contributed by atoms with Crippen molar-refractivity contribution in [3.8, 4) is 5.75 Å². The second-order valence-electron chi connectivity index (χ2n) is 4.53. The summed E-state index contributed by atoms with van der Waals surface area (Å²) in [5.74, 6) is 0.0603. The second kappa shape index (κ2) is 7.53. The molecular weight excluding hydrogens is 303 g/mol. The molecule has 22 heavy (non-hydrogen) atoms. The molecular formula is C13H16F3N3O3. The Morgan fingerprint density at radius 3 is 2.55 bits per heavy atom. The molecule has 0 atom stereocenters. The molecule has 122 valence electrons. The Morgan fingerprint density at radius 1 is 1.27 bits per heavy atom. The fourth-order valence-corrected chi connectivity index (χ4v) is 1.29. The van der Waals surface area contributed by atoms with E-state index in [9.17, 15) is 22.8 Å². The van der Waals surface area contributed by atoms with E-state index in [0.717, 1.165) is 0 Å². The molecule has 0 unspecified atom stereocenters. The van der Waals surface area contributed by atoms with Crippen LogP contribution in [0.15, 0.2) is 24.3 Å². The van der Waals surface area contributed by atoms with Crippen molar-refractivity contribution in [2.45, 2.75) is 6.18 Å². The summed E-state index contributed by atoms with van der Waals surface area (Å²) in [7, 11) is 3.16. The lowest BCUT2D eigenvalue weighted by atomic mass is 10.3. The van der Waals surface area contributed by atoms with Crippen molar-refractivity contribution in [3.63, 3.8) is 0 Å². The lowest BCUT2D eigenvalue weighted by Crippen LogP contribution is -2.36. The largest absolute Gasteiger partial charge is 0.484 e. The van der Waals surface area contributed by atoms with Crippen molar-refractivity contribution in [1.29, 1.82) is 0 Å². The van der Waals surface area contributed by atoms with Gasteiger partial charge in [-0.15, -0.1) is 0 Å². The van der Waals surface area contributed by atoms with E-state index in [1.807, 2.05) is 0 Å². The van der Waals surface area contributed by atoms with Gasteiger partial charge in [0, 0.05) is 25.8 Å². The van der Waals surface area contributed by atoms with Gasteiger partial charge in [-0.05, 0) is 12.1 Å². The predicted octanol–water partition coefficient (Wildman–Crippen LogP) is 1.84. The molecule has 6 nitrogen and oxygen atoms in total. The highest BCUT2D eigenvalue weighted by Gasteiger charge is 2.27. The molecule has 0 aliphatic rings. The van der Waals surface area contributed by atoms with Crippen LogP contribution in [0.1, 0.15) is 0 Å². The highest BCUT2D eigenvalue weighted by molar-refractivity contribution is 5.89. The zero-order valence-corrected chi connectivity index (χ0v) is 12.0. The molecule has 1 rings (SSSR count). The van der Waals surface area contributed by atoms with Crippen LogP contribution in [-0.2, 0) is 4.79 Å². The molecule has 1 aromatic rings. The van der Waals surface area contributed by atoms with E-state index in [-0.39, 0.29) is 18.2 Å². The first kappa shape index (κ1) is 17.6. The van der Waals surface area contributed by atoms with Gasteiger partial charge >= 0.3 is 12.2 Å². The summed E-state index contributed by atoms with van der Waals surface area (Å²) in [6, 6.07) is 4.99. The summed E-state index contributed by atoms with van der Waals surface area (Å²) in [6.45, 7) is -1.61. The number of ether oxygens (including phenoxy) is 1. The third-order valence-corrected chi connectivity index (χ3v) is 2.40. The highest BCUT2D eigenvalue weighted by Crippen LogP contribution is 2.17. The number of anilines is 1. The smallest absolute Gasteiger partial charge is 0.405 e. The van der Waals surface area contributed by atoms with Crippen molar-refractivity contribution in [2.75, 3.05) is 32.6 Å². The SMILES string of the molecule is CN(C)C(=O)COc1cccc(NC(=O)NCC(F)(F)F)c1. The summed E-state index contributed by atoms with van der Waals surface area (Å²) in [6.07, 6.45) is -4.48. The number of nitrogens with one attached hydrogen (secondary N) is 2. The van der Waals surface area contributed by atoms with Crippen LogP contribution in [0.5, 0.6) is 5.75 Å². The molecule has 2 N–H and O–H groups in total. The van der Waals surface area contributed by atoms with E-state index in [1.54, 1.807) is 25.5 Å². The standard InChI is InChI=1S/C13H16F3N3O3/c1-19(2)11(20)7-22-10-5-3-4-9(6-10)18-12(21)17-8-13(14,15)16/h3-6H,7-8H2,1-2H3,(H2,17,18,21). The molecule has 0 aliphatic carbocycles. The van der Waals surface area contributed by atoms with Crippen LogP contribution in [0.25, 0.3) is 0 Å². The predicted molar refractivity (Wildman–Crippen MR) is 73.7 cm³/mol. The lowest BCUT2D eigenvalue weighted by Gasteiger charge is -2.13. The van der Waals surface area contributed by atoms with Gasteiger partial charge in [-0.1, -0.05) is 6.07 Å². The third-order valence-electron chi connectivity index (χ3n) is 2.40. The van der Waals surface area contributed by atoms with Crippen molar-refractivity contribution >= 4 is 17.6 Å². The average molecular weight is 319 g/mol. The minimum absolute atomic E-state index is 0.184. The summed E-state index contributed by atoms with van der Waals surface area (Å²) in [5.41, 5.74) is 0.245. The highest BCUT2D eigenvalue weighted by atomic mass is 19.4. The number of hydrogen-bond acceptors (Lipinski definition) is 3. The Labute approximate surface area is 125 Å². The maximum atomic E-state index is 12.0. The number of hydrogen-bond donors (Lipinski definition) is 2. The molecule has 0 spiro atoms. The molecule has 0 fully saturated rings. The van der Waals surface area contributed by atoms with E-state index < -0.39 is 18.8 Å². The lowest BCUT2D eigenvalue weighted by molar-refractivity contribution is -0.130. The maximum absolute atomic E-state index is 12.0. The zero-order chi connectivity index (χ0) is 16.8. The molecule has 9 heteroatoms. The minimum atomic E-state index is -4.48. The van der Waals surface area contributed by atoms with Gasteiger partial charge in [0.15, 0.2) is 6.61 Å². The van der Waals surface area contributed by atoms with Crippen LogP contribution in [0.2, 0.25) is 0 Å². The number of halogens is 3. The Bertz CT molecular complexity index is 533. The van der Waals surface area contributed by atoms with Gasteiger partial charge in [-0.3, -0.25) is 4.79 Å². The molecule has 0 aliphatic heterocycles. The zero-order valence-electron chi connectivity index (χ0n) is 12.0. The Hall–Kier alpha value is -2.45. The average Bonchev–Trinajstić information content (AvgIpc) is 2.42. The van der Waals surface area contributed by atoms with Gasteiger partial charge < -0.3 is 20.3 Å². The molecule has 1 aromatic carbocycles. The number of nitrogens with zero attached hydrogens (tertiary/aromatic N) is 1. The molecule has 3 amide bonds.